The van der Waals surface area contributed by atoms with E-state index in [0.29, 0.717) is 11.6 Å². The molecule has 0 aliphatic heterocycles. The maximum Gasteiger partial charge on any atom is 0.323 e. The number of rotatable bonds is 6. The molecular formula is C16H13F2N3O5. The van der Waals surface area contributed by atoms with Crippen molar-refractivity contribution in [1.82, 2.24) is 4.90 Å². The van der Waals surface area contributed by atoms with Gasteiger partial charge in [-0.1, -0.05) is 12.1 Å². The molecule has 8 nitrogen and oxygen atoms in total. The maximum absolute atomic E-state index is 13.6. The van der Waals surface area contributed by atoms with E-state index < -0.39 is 35.1 Å². The predicted molar refractivity (Wildman–Crippen MR) is 86.5 cm³/mol. The van der Waals surface area contributed by atoms with Crippen LogP contribution < -0.4 is 5.32 Å². The molecule has 0 bridgehead atoms. The van der Waals surface area contributed by atoms with Crippen LogP contribution in [0.25, 0.3) is 0 Å². The van der Waals surface area contributed by atoms with Crippen LogP contribution >= 0.6 is 0 Å². The molecule has 0 saturated heterocycles. The first-order valence-electron chi connectivity index (χ1n) is 7.22. The highest BCUT2D eigenvalue weighted by Gasteiger charge is 2.19. The van der Waals surface area contributed by atoms with E-state index in [-0.39, 0.29) is 17.9 Å². The van der Waals surface area contributed by atoms with E-state index in [1.54, 1.807) is 0 Å². The third-order valence-electron chi connectivity index (χ3n) is 3.31. The number of hydrogen-bond donors (Lipinski definition) is 2. The SMILES string of the molecule is O=C(O)CN(Cc1ccc([N+](=O)[O-])cc1)C(=O)Nc1ccc(F)cc1F. The van der Waals surface area contributed by atoms with Crippen LogP contribution in [0.4, 0.5) is 25.0 Å². The number of hydrogen-bond acceptors (Lipinski definition) is 4. The standard InChI is InChI=1S/C16H13F2N3O5/c17-11-3-6-14(13(18)7-11)19-16(24)20(9-15(22)23)8-10-1-4-12(5-2-10)21(25)26/h1-7H,8-9H2,(H,19,24)(H,22,23). The monoisotopic (exact) mass is 365 g/mol. The molecule has 2 rings (SSSR count). The fourth-order valence-corrected chi connectivity index (χ4v) is 2.09. The van der Waals surface area contributed by atoms with Gasteiger partial charge in [-0.25, -0.2) is 13.6 Å². The Kier molecular flexibility index (Phi) is 5.78. The quantitative estimate of drug-likeness (QED) is 0.604. The molecule has 2 amide bonds. The molecular weight excluding hydrogens is 352 g/mol. The minimum atomic E-state index is -1.30. The van der Waals surface area contributed by atoms with Crippen molar-refractivity contribution in [3.63, 3.8) is 0 Å². The van der Waals surface area contributed by atoms with E-state index >= 15 is 0 Å². The zero-order valence-electron chi connectivity index (χ0n) is 13.2. The normalized spacial score (nSPS) is 10.2. The molecule has 0 aliphatic carbocycles. The van der Waals surface area contributed by atoms with Crippen molar-refractivity contribution in [2.24, 2.45) is 0 Å². The largest absolute Gasteiger partial charge is 0.480 e. The number of aliphatic carboxylic acids is 1. The zero-order valence-corrected chi connectivity index (χ0v) is 13.2. The molecule has 0 atom stereocenters. The lowest BCUT2D eigenvalue weighted by atomic mass is 10.2. The third kappa shape index (κ3) is 4.97. The summed E-state index contributed by atoms with van der Waals surface area (Å²) >= 11 is 0. The fourth-order valence-electron chi connectivity index (χ4n) is 2.09. The Labute approximate surface area is 145 Å². The molecule has 0 heterocycles. The summed E-state index contributed by atoms with van der Waals surface area (Å²) in [4.78, 5) is 34.1. The summed E-state index contributed by atoms with van der Waals surface area (Å²) < 4.78 is 26.5. The van der Waals surface area contributed by atoms with Crippen LogP contribution in [0.1, 0.15) is 5.56 Å². The molecule has 26 heavy (non-hydrogen) atoms. The van der Waals surface area contributed by atoms with Gasteiger partial charge in [0.05, 0.1) is 10.6 Å². The highest BCUT2D eigenvalue weighted by Crippen LogP contribution is 2.17. The van der Waals surface area contributed by atoms with Gasteiger partial charge < -0.3 is 15.3 Å². The lowest BCUT2D eigenvalue weighted by Crippen LogP contribution is -2.38. The molecule has 0 aromatic heterocycles. The second-order valence-corrected chi connectivity index (χ2v) is 5.23. The minimum absolute atomic E-state index is 0.156. The van der Waals surface area contributed by atoms with Crippen molar-refractivity contribution in [2.75, 3.05) is 11.9 Å². The number of halogens is 2. The smallest absolute Gasteiger partial charge is 0.323 e. The summed E-state index contributed by atoms with van der Waals surface area (Å²) in [5.74, 6) is -3.14. The Bertz CT molecular complexity index is 842. The van der Waals surface area contributed by atoms with Crippen molar-refractivity contribution >= 4 is 23.4 Å². The predicted octanol–water partition coefficient (Wildman–Crippen LogP) is 2.99. The Balaban J connectivity index is 2.16. The summed E-state index contributed by atoms with van der Waals surface area (Å²) in [6.07, 6.45) is 0. The number of carbonyl (C=O) groups is 2. The zero-order chi connectivity index (χ0) is 19.3. The number of benzene rings is 2. The molecule has 0 fully saturated rings. The number of amides is 2. The summed E-state index contributed by atoms with van der Waals surface area (Å²) in [6, 6.07) is 6.78. The molecule has 2 aromatic carbocycles. The van der Waals surface area contributed by atoms with Crippen LogP contribution in [0.3, 0.4) is 0 Å². The number of carboxylic acid groups (broad SMARTS) is 1. The molecule has 0 unspecified atom stereocenters. The number of carboxylic acids is 1. The summed E-state index contributed by atoms with van der Waals surface area (Å²) in [7, 11) is 0. The molecule has 10 heteroatoms. The third-order valence-corrected chi connectivity index (χ3v) is 3.31. The van der Waals surface area contributed by atoms with Crippen LogP contribution in [0, 0.1) is 21.7 Å². The molecule has 0 spiro atoms. The fraction of sp³-hybridized carbons (Fsp3) is 0.125. The average molecular weight is 365 g/mol. The first-order valence-corrected chi connectivity index (χ1v) is 7.22. The lowest BCUT2D eigenvalue weighted by Gasteiger charge is -2.21. The van der Waals surface area contributed by atoms with Crippen molar-refractivity contribution < 1.29 is 28.4 Å². The minimum Gasteiger partial charge on any atom is -0.480 e. The molecule has 0 aliphatic rings. The second-order valence-electron chi connectivity index (χ2n) is 5.23. The molecule has 0 radical (unpaired) electrons. The van der Waals surface area contributed by atoms with E-state index in [4.69, 9.17) is 5.11 Å². The van der Waals surface area contributed by atoms with Crippen LogP contribution in [0.5, 0.6) is 0 Å². The topological polar surface area (TPSA) is 113 Å². The van der Waals surface area contributed by atoms with Gasteiger partial charge in [0.1, 0.15) is 18.2 Å². The van der Waals surface area contributed by atoms with Crippen LogP contribution in [-0.4, -0.2) is 33.5 Å². The van der Waals surface area contributed by atoms with E-state index in [1.165, 1.54) is 24.3 Å². The number of nitrogens with one attached hydrogen (secondary N) is 1. The Morgan fingerprint density at radius 2 is 1.81 bits per heavy atom. The van der Waals surface area contributed by atoms with Gasteiger partial charge in [-0.3, -0.25) is 14.9 Å². The van der Waals surface area contributed by atoms with E-state index in [2.05, 4.69) is 5.32 Å². The van der Waals surface area contributed by atoms with Gasteiger partial charge in [-0.05, 0) is 17.7 Å². The van der Waals surface area contributed by atoms with Gasteiger partial charge in [0.25, 0.3) is 5.69 Å². The molecule has 0 saturated carbocycles. The number of urea groups is 1. The van der Waals surface area contributed by atoms with Gasteiger partial charge in [-0.15, -0.1) is 0 Å². The van der Waals surface area contributed by atoms with Crippen LogP contribution in [0.2, 0.25) is 0 Å². The highest BCUT2D eigenvalue weighted by atomic mass is 19.1. The number of carbonyl (C=O) groups excluding carboxylic acids is 1. The van der Waals surface area contributed by atoms with E-state index in [1.807, 2.05) is 0 Å². The average Bonchev–Trinajstić information content (AvgIpc) is 2.56. The van der Waals surface area contributed by atoms with E-state index in [9.17, 15) is 28.5 Å². The van der Waals surface area contributed by atoms with Gasteiger partial charge in [0.2, 0.25) is 0 Å². The first kappa shape index (κ1) is 18.8. The summed E-state index contributed by atoms with van der Waals surface area (Å²) in [6.45, 7) is -0.870. The van der Waals surface area contributed by atoms with Crippen LogP contribution in [0.15, 0.2) is 42.5 Å². The number of nitro groups is 1. The Hall–Kier alpha value is -3.56. The number of nitrogens with zero attached hydrogens (tertiary/aromatic N) is 2. The molecule has 2 N–H and O–H groups in total. The summed E-state index contributed by atoms with van der Waals surface area (Å²) in [5, 5.41) is 21.8. The number of nitro benzene ring substituents is 1. The number of non-ortho nitro benzene ring substituents is 1. The molecule has 2 aromatic rings. The van der Waals surface area contributed by atoms with Gasteiger partial charge in [0, 0.05) is 24.7 Å². The highest BCUT2D eigenvalue weighted by molar-refractivity contribution is 5.91. The maximum atomic E-state index is 13.6. The summed E-state index contributed by atoms with van der Waals surface area (Å²) in [5.41, 5.74) is -0.0292. The Morgan fingerprint density at radius 3 is 2.35 bits per heavy atom. The Morgan fingerprint density at radius 1 is 1.15 bits per heavy atom. The van der Waals surface area contributed by atoms with E-state index in [0.717, 1.165) is 17.0 Å². The van der Waals surface area contributed by atoms with Gasteiger partial charge >= 0.3 is 12.0 Å². The number of anilines is 1. The van der Waals surface area contributed by atoms with Crippen molar-refractivity contribution in [3.8, 4) is 0 Å². The van der Waals surface area contributed by atoms with Crippen LogP contribution in [-0.2, 0) is 11.3 Å². The first-order chi connectivity index (χ1) is 12.3. The van der Waals surface area contributed by atoms with Crippen molar-refractivity contribution in [1.29, 1.82) is 0 Å². The second kappa shape index (κ2) is 8.01. The van der Waals surface area contributed by atoms with Gasteiger partial charge in [0.15, 0.2) is 0 Å². The van der Waals surface area contributed by atoms with Crippen molar-refractivity contribution in [2.45, 2.75) is 6.54 Å². The lowest BCUT2D eigenvalue weighted by molar-refractivity contribution is -0.384. The molecule has 136 valence electrons. The van der Waals surface area contributed by atoms with Crippen molar-refractivity contribution in [3.05, 3.63) is 69.8 Å². The van der Waals surface area contributed by atoms with Gasteiger partial charge in [-0.2, -0.15) is 0 Å².